The Morgan fingerprint density at radius 1 is 1.00 bits per heavy atom. The van der Waals surface area contributed by atoms with Gasteiger partial charge in [0.05, 0.1) is 0 Å². The van der Waals surface area contributed by atoms with Gasteiger partial charge in [-0.25, -0.2) is 0 Å². The van der Waals surface area contributed by atoms with Crippen LogP contribution in [0.25, 0.3) is 0 Å². The van der Waals surface area contributed by atoms with E-state index in [0.717, 1.165) is 12.0 Å². The predicted octanol–water partition coefficient (Wildman–Crippen LogP) is 2.75. The van der Waals surface area contributed by atoms with Crippen molar-refractivity contribution in [1.82, 2.24) is 9.80 Å². The molecule has 0 radical (unpaired) electrons. The molecule has 0 heterocycles. The van der Waals surface area contributed by atoms with E-state index in [4.69, 9.17) is 5.73 Å². The summed E-state index contributed by atoms with van der Waals surface area (Å²) in [4.78, 5) is 27.8. The van der Waals surface area contributed by atoms with E-state index >= 15 is 0 Å². The van der Waals surface area contributed by atoms with Crippen LogP contribution in [0.15, 0.2) is 24.3 Å². The van der Waals surface area contributed by atoms with Crippen LogP contribution in [0.4, 0.5) is 0 Å². The minimum absolute atomic E-state index is 0.00545. The summed E-state index contributed by atoms with van der Waals surface area (Å²) in [5.74, 6) is 0.500. The highest BCUT2D eigenvalue weighted by molar-refractivity contribution is 5.94. The largest absolute Gasteiger partial charge is 0.342 e. The highest BCUT2D eigenvalue weighted by Crippen LogP contribution is 2.11. The van der Waals surface area contributed by atoms with E-state index in [0.29, 0.717) is 24.6 Å². The molecule has 1 aromatic carbocycles. The molecule has 0 spiro atoms. The van der Waals surface area contributed by atoms with Crippen LogP contribution in [0.2, 0.25) is 0 Å². The second-order valence-corrected chi connectivity index (χ2v) is 7.47. The van der Waals surface area contributed by atoms with E-state index in [1.807, 2.05) is 38.1 Å². The summed E-state index contributed by atoms with van der Waals surface area (Å²) in [5, 5.41) is 0. The van der Waals surface area contributed by atoms with Gasteiger partial charge in [-0.2, -0.15) is 0 Å². The van der Waals surface area contributed by atoms with Gasteiger partial charge >= 0.3 is 0 Å². The average Bonchev–Trinajstić information content (AvgIpc) is 2.58. The normalized spacial score (nSPS) is 12.4. The summed E-state index contributed by atoms with van der Waals surface area (Å²) in [5.41, 5.74) is 7.71. The van der Waals surface area contributed by atoms with Gasteiger partial charge in [0, 0.05) is 44.7 Å². The van der Waals surface area contributed by atoms with Crippen molar-refractivity contribution < 1.29 is 9.59 Å². The SMILES string of the molecule is CC(C)C(=O)N(C)Cc1ccc(C(=O)N(C)CCC(N)C(C)C)cc1. The Labute approximate surface area is 152 Å². The third kappa shape index (κ3) is 6.50. The summed E-state index contributed by atoms with van der Waals surface area (Å²) in [7, 11) is 3.60. The quantitative estimate of drug-likeness (QED) is 0.786. The number of amides is 2. The van der Waals surface area contributed by atoms with Crippen molar-refractivity contribution in [3.05, 3.63) is 35.4 Å². The number of hydrogen-bond acceptors (Lipinski definition) is 3. The molecule has 0 bridgehead atoms. The standard InChI is InChI=1S/C20H33N3O2/c1-14(2)18(21)11-12-22(5)20(25)17-9-7-16(8-10-17)13-23(6)19(24)15(3)4/h7-10,14-15,18H,11-13,21H2,1-6H3. The average molecular weight is 348 g/mol. The molecule has 0 aromatic heterocycles. The summed E-state index contributed by atoms with van der Waals surface area (Å²) >= 11 is 0. The van der Waals surface area contributed by atoms with Crippen LogP contribution in [0.3, 0.4) is 0 Å². The summed E-state index contributed by atoms with van der Waals surface area (Å²) in [6.07, 6.45) is 0.792. The molecule has 2 amide bonds. The Balaban J connectivity index is 2.63. The molecule has 1 unspecified atom stereocenters. The first-order valence-corrected chi connectivity index (χ1v) is 8.98. The molecule has 5 nitrogen and oxygen atoms in total. The first-order valence-electron chi connectivity index (χ1n) is 8.98. The number of benzene rings is 1. The zero-order valence-electron chi connectivity index (χ0n) is 16.5. The molecule has 0 saturated heterocycles. The molecular formula is C20H33N3O2. The predicted molar refractivity (Wildman–Crippen MR) is 102 cm³/mol. The van der Waals surface area contributed by atoms with Crippen molar-refractivity contribution in [2.45, 2.75) is 46.7 Å². The highest BCUT2D eigenvalue weighted by Gasteiger charge is 2.16. The molecule has 1 aromatic rings. The molecule has 0 fully saturated rings. The number of rotatable bonds is 8. The third-order valence-corrected chi connectivity index (χ3v) is 4.49. The number of nitrogens with two attached hydrogens (primary N) is 1. The van der Waals surface area contributed by atoms with Gasteiger partial charge in [-0.15, -0.1) is 0 Å². The Morgan fingerprint density at radius 2 is 1.56 bits per heavy atom. The fraction of sp³-hybridized carbons (Fsp3) is 0.600. The van der Waals surface area contributed by atoms with E-state index in [2.05, 4.69) is 13.8 Å². The van der Waals surface area contributed by atoms with Gasteiger partial charge in [0.1, 0.15) is 0 Å². The Hall–Kier alpha value is -1.88. The number of nitrogens with zero attached hydrogens (tertiary/aromatic N) is 2. The number of carbonyl (C=O) groups excluding carboxylic acids is 2. The Morgan fingerprint density at radius 3 is 2.04 bits per heavy atom. The zero-order valence-corrected chi connectivity index (χ0v) is 16.5. The van der Waals surface area contributed by atoms with Crippen molar-refractivity contribution in [3.63, 3.8) is 0 Å². The molecule has 25 heavy (non-hydrogen) atoms. The zero-order chi connectivity index (χ0) is 19.1. The third-order valence-electron chi connectivity index (χ3n) is 4.49. The fourth-order valence-electron chi connectivity index (χ4n) is 2.54. The van der Waals surface area contributed by atoms with Gasteiger partial charge < -0.3 is 15.5 Å². The molecule has 2 N–H and O–H groups in total. The van der Waals surface area contributed by atoms with Gasteiger partial charge in [-0.1, -0.05) is 39.8 Å². The molecule has 0 aliphatic rings. The topological polar surface area (TPSA) is 66.6 Å². The Kier molecular flexibility index (Phi) is 8.10. The fourth-order valence-corrected chi connectivity index (χ4v) is 2.54. The maximum absolute atomic E-state index is 12.5. The monoisotopic (exact) mass is 347 g/mol. The minimum Gasteiger partial charge on any atom is -0.342 e. The minimum atomic E-state index is -0.0169. The van der Waals surface area contributed by atoms with Crippen LogP contribution in [0.5, 0.6) is 0 Å². The van der Waals surface area contributed by atoms with Crippen molar-refractivity contribution >= 4 is 11.8 Å². The van der Waals surface area contributed by atoms with Gasteiger partial charge in [0.25, 0.3) is 5.91 Å². The van der Waals surface area contributed by atoms with E-state index in [1.165, 1.54) is 0 Å². The summed E-state index contributed by atoms with van der Waals surface area (Å²) < 4.78 is 0. The second kappa shape index (κ2) is 9.56. The lowest BCUT2D eigenvalue weighted by molar-refractivity contribution is -0.133. The highest BCUT2D eigenvalue weighted by atomic mass is 16.2. The maximum atomic E-state index is 12.5. The number of hydrogen-bond donors (Lipinski definition) is 1. The number of carbonyl (C=O) groups is 2. The maximum Gasteiger partial charge on any atom is 0.253 e. The van der Waals surface area contributed by atoms with Crippen molar-refractivity contribution in [2.24, 2.45) is 17.6 Å². The van der Waals surface area contributed by atoms with E-state index < -0.39 is 0 Å². The lowest BCUT2D eigenvalue weighted by atomic mass is 10.0. The molecule has 0 saturated carbocycles. The van der Waals surface area contributed by atoms with E-state index in [-0.39, 0.29) is 23.8 Å². The van der Waals surface area contributed by atoms with E-state index in [1.54, 1.807) is 23.9 Å². The van der Waals surface area contributed by atoms with Gasteiger partial charge in [-0.3, -0.25) is 9.59 Å². The van der Waals surface area contributed by atoms with Crippen LogP contribution >= 0.6 is 0 Å². The van der Waals surface area contributed by atoms with Crippen LogP contribution < -0.4 is 5.73 Å². The van der Waals surface area contributed by atoms with Gasteiger partial charge in [0.2, 0.25) is 5.91 Å². The summed E-state index contributed by atoms with van der Waals surface area (Å²) in [6, 6.07) is 7.57. The van der Waals surface area contributed by atoms with Crippen molar-refractivity contribution in [1.29, 1.82) is 0 Å². The molecule has 1 atom stereocenters. The van der Waals surface area contributed by atoms with Crippen molar-refractivity contribution in [2.75, 3.05) is 20.6 Å². The van der Waals surface area contributed by atoms with Crippen molar-refractivity contribution in [3.8, 4) is 0 Å². The smallest absolute Gasteiger partial charge is 0.253 e. The lowest BCUT2D eigenvalue weighted by Gasteiger charge is -2.22. The van der Waals surface area contributed by atoms with Crippen LogP contribution in [0.1, 0.15) is 50.0 Å². The molecule has 5 heteroatoms. The molecule has 0 aliphatic carbocycles. The molecular weight excluding hydrogens is 314 g/mol. The molecule has 1 rings (SSSR count). The molecule has 140 valence electrons. The lowest BCUT2D eigenvalue weighted by Crippen LogP contribution is -2.34. The first kappa shape index (κ1) is 21.2. The Bertz CT molecular complexity index is 567. The van der Waals surface area contributed by atoms with Gasteiger partial charge in [-0.05, 0) is 30.0 Å². The first-order chi connectivity index (χ1) is 11.6. The van der Waals surface area contributed by atoms with Gasteiger partial charge in [0.15, 0.2) is 0 Å². The molecule has 0 aliphatic heterocycles. The second-order valence-electron chi connectivity index (χ2n) is 7.47. The van der Waals surface area contributed by atoms with Crippen LogP contribution in [-0.4, -0.2) is 48.3 Å². The van der Waals surface area contributed by atoms with Crippen LogP contribution in [-0.2, 0) is 11.3 Å². The summed E-state index contributed by atoms with van der Waals surface area (Å²) in [6.45, 7) is 9.15. The van der Waals surface area contributed by atoms with Crippen LogP contribution in [0, 0.1) is 11.8 Å². The van der Waals surface area contributed by atoms with E-state index in [9.17, 15) is 9.59 Å².